The van der Waals surface area contributed by atoms with E-state index in [1.165, 1.54) is 15.9 Å². The zero-order valence-electron chi connectivity index (χ0n) is 17.9. The fraction of sp³-hybridized carbons (Fsp3) is 0.292. The highest BCUT2D eigenvalue weighted by molar-refractivity contribution is 7.15. The van der Waals surface area contributed by atoms with Crippen molar-refractivity contribution in [2.24, 2.45) is 0 Å². The Labute approximate surface area is 185 Å². The molecule has 0 spiro atoms. The maximum atomic E-state index is 12.8. The lowest BCUT2D eigenvalue weighted by Crippen LogP contribution is -2.31. The number of aromatic nitrogens is 3. The van der Waals surface area contributed by atoms with Crippen molar-refractivity contribution in [2.75, 3.05) is 7.11 Å². The van der Waals surface area contributed by atoms with Crippen LogP contribution in [0.1, 0.15) is 43.3 Å². The average Bonchev–Trinajstić information content (AvgIpc) is 3.32. The minimum absolute atomic E-state index is 0.0209. The molecule has 160 valence electrons. The first-order valence-corrected chi connectivity index (χ1v) is 11.2. The van der Waals surface area contributed by atoms with Gasteiger partial charge in [0.2, 0.25) is 4.96 Å². The first-order valence-electron chi connectivity index (χ1n) is 10.4. The molecule has 0 saturated heterocycles. The Bertz CT molecular complexity index is 1270. The molecule has 0 aliphatic heterocycles. The summed E-state index contributed by atoms with van der Waals surface area (Å²) >= 11 is 1.37. The lowest BCUT2D eigenvalue weighted by atomic mass is 10.0. The van der Waals surface area contributed by atoms with Crippen LogP contribution in [-0.4, -0.2) is 27.7 Å². The van der Waals surface area contributed by atoms with Crippen molar-refractivity contribution in [2.45, 2.75) is 38.8 Å². The second-order valence-electron chi connectivity index (χ2n) is 7.56. The summed E-state index contributed by atoms with van der Waals surface area (Å²) < 4.78 is 7.45. The molecule has 6 nitrogen and oxygen atoms in total. The van der Waals surface area contributed by atoms with Gasteiger partial charge in [0, 0.05) is 18.5 Å². The number of methoxy groups -OCH3 is 1. The summed E-state index contributed by atoms with van der Waals surface area (Å²) in [5.41, 5.74) is 1.97. The number of rotatable bonds is 8. The van der Waals surface area contributed by atoms with Gasteiger partial charge in [0.25, 0.3) is 5.56 Å². The molecule has 7 heteroatoms. The second-order valence-corrected chi connectivity index (χ2v) is 8.57. The van der Waals surface area contributed by atoms with Crippen LogP contribution in [0.3, 0.4) is 0 Å². The molecule has 2 aromatic carbocycles. The second kappa shape index (κ2) is 9.41. The van der Waals surface area contributed by atoms with Crippen LogP contribution in [0.25, 0.3) is 11.0 Å². The molecule has 31 heavy (non-hydrogen) atoms. The van der Waals surface area contributed by atoms with Crippen LogP contribution in [0.4, 0.5) is 0 Å². The van der Waals surface area contributed by atoms with Crippen LogP contribution in [0, 0.1) is 0 Å². The van der Waals surface area contributed by atoms with E-state index >= 15 is 0 Å². The van der Waals surface area contributed by atoms with Gasteiger partial charge in [-0.15, -0.1) is 5.10 Å². The van der Waals surface area contributed by atoms with Crippen LogP contribution in [0.15, 0.2) is 59.4 Å². The van der Waals surface area contributed by atoms with Gasteiger partial charge >= 0.3 is 0 Å². The topological polar surface area (TPSA) is 68.5 Å². The molecular weight excluding hydrogens is 408 g/mol. The van der Waals surface area contributed by atoms with Gasteiger partial charge in [-0.3, -0.25) is 4.79 Å². The number of nitrogens with one attached hydrogen (secondary N) is 1. The predicted molar refractivity (Wildman–Crippen MR) is 125 cm³/mol. The van der Waals surface area contributed by atoms with Crippen LogP contribution in [0.5, 0.6) is 5.75 Å². The third kappa shape index (κ3) is 4.84. The van der Waals surface area contributed by atoms with Crippen LogP contribution < -0.4 is 20.1 Å². The number of hydrogen-bond donors (Lipinski definition) is 1. The molecule has 2 aromatic heterocycles. The SMILES string of the molecule is CCC(C)NC(Cc1nc2s/c(=C\c3ccccc3)c(=O)n2n1)c1cccc(OC)c1. The van der Waals surface area contributed by atoms with E-state index in [1.54, 1.807) is 7.11 Å². The van der Waals surface area contributed by atoms with Crippen molar-refractivity contribution in [1.29, 1.82) is 0 Å². The molecule has 4 aromatic rings. The Hall–Kier alpha value is -3.03. The Morgan fingerprint density at radius 1 is 1.19 bits per heavy atom. The summed E-state index contributed by atoms with van der Waals surface area (Å²) in [6, 6.07) is 18.2. The summed E-state index contributed by atoms with van der Waals surface area (Å²) in [5, 5.41) is 8.18. The number of thiazole rings is 1. The summed E-state index contributed by atoms with van der Waals surface area (Å²) in [5.74, 6) is 1.47. The van der Waals surface area contributed by atoms with E-state index in [0.717, 1.165) is 23.3 Å². The van der Waals surface area contributed by atoms with Crippen molar-refractivity contribution in [1.82, 2.24) is 19.9 Å². The van der Waals surface area contributed by atoms with Gasteiger partial charge in [0.05, 0.1) is 11.6 Å². The van der Waals surface area contributed by atoms with Gasteiger partial charge < -0.3 is 10.1 Å². The minimum Gasteiger partial charge on any atom is -0.497 e. The van der Waals surface area contributed by atoms with E-state index in [2.05, 4.69) is 35.3 Å². The molecule has 2 unspecified atom stereocenters. The van der Waals surface area contributed by atoms with Gasteiger partial charge in [-0.1, -0.05) is 60.7 Å². The predicted octanol–water partition coefficient (Wildman–Crippen LogP) is 3.38. The molecule has 0 aliphatic rings. The molecular formula is C24H26N4O2S. The first kappa shape index (κ1) is 21.2. The Balaban J connectivity index is 1.64. The highest BCUT2D eigenvalue weighted by atomic mass is 32.1. The average molecular weight is 435 g/mol. The number of fused-ring (bicyclic) bond motifs is 1. The summed E-state index contributed by atoms with van der Waals surface area (Å²) in [6.07, 6.45) is 3.48. The fourth-order valence-electron chi connectivity index (χ4n) is 3.44. The molecule has 0 aliphatic carbocycles. The Morgan fingerprint density at radius 3 is 2.71 bits per heavy atom. The van der Waals surface area contributed by atoms with Crippen molar-refractivity contribution >= 4 is 22.4 Å². The van der Waals surface area contributed by atoms with E-state index in [4.69, 9.17) is 4.74 Å². The largest absolute Gasteiger partial charge is 0.497 e. The third-order valence-corrected chi connectivity index (χ3v) is 6.26. The van der Waals surface area contributed by atoms with Gasteiger partial charge in [-0.2, -0.15) is 4.52 Å². The number of benzene rings is 2. The summed E-state index contributed by atoms with van der Waals surface area (Å²) in [4.78, 5) is 18.1. The molecule has 0 bridgehead atoms. The molecule has 0 radical (unpaired) electrons. The molecule has 0 saturated carbocycles. The number of ether oxygens (including phenoxy) is 1. The van der Waals surface area contributed by atoms with Crippen molar-refractivity contribution < 1.29 is 4.74 Å². The van der Waals surface area contributed by atoms with Gasteiger partial charge in [0.1, 0.15) is 5.75 Å². The maximum Gasteiger partial charge on any atom is 0.291 e. The van der Waals surface area contributed by atoms with Crippen molar-refractivity contribution in [3.05, 3.63) is 86.4 Å². The molecule has 0 fully saturated rings. The third-order valence-electron chi connectivity index (χ3n) is 5.30. The smallest absolute Gasteiger partial charge is 0.291 e. The minimum atomic E-state index is -0.129. The molecule has 0 amide bonds. The van der Waals surface area contributed by atoms with Gasteiger partial charge in [-0.25, -0.2) is 4.98 Å². The molecule has 4 rings (SSSR count). The summed E-state index contributed by atoms with van der Waals surface area (Å²) in [6.45, 7) is 4.31. The van der Waals surface area contributed by atoms with Gasteiger partial charge in [-0.05, 0) is 42.7 Å². The number of hydrogen-bond acceptors (Lipinski definition) is 6. The Morgan fingerprint density at radius 2 is 2.00 bits per heavy atom. The summed E-state index contributed by atoms with van der Waals surface area (Å²) in [7, 11) is 1.67. The highest BCUT2D eigenvalue weighted by Crippen LogP contribution is 2.23. The van der Waals surface area contributed by atoms with E-state index < -0.39 is 0 Å². The van der Waals surface area contributed by atoms with E-state index in [-0.39, 0.29) is 11.6 Å². The van der Waals surface area contributed by atoms with E-state index in [9.17, 15) is 4.79 Å². The maximum absolute atomic E-state index is 12.8. The van der Waals surface area contributed by atoms with Crippen molar-refractivity contribution in [3.8, 4) is 5.75 Å². The normalized spacial score (nSPS) is 14.1. The lowest BCUT2D eigenvalue weighted by Gasteiger charge is -2.22. The fourth-order valence-corrected chi connectivity index (χ4v) is 4.36. The van der Waals surface area contributed by atoms with E-state index in [1.807, 2.05) is 54.6 Å². The van der Waals surface area contributed by atoms with Crippen LogP contribution >= 0.6 is 11.3 Å². The van der Waals surface area contributed by atoms with E-state index in [0.29, 0.717) is 27.8 Å². The number of nitrogens with zero attached hydrogens (tertiary/aromatic N) is 3. The quantitative estimate of drug-likeness (QED) is 0.460. The lowest BCUT2D eigenvalue weighted by molar-refractivity contribution is 0.409. The highest BCUT2D eigenvalue weighted by Gasteiger charge is 2.19. The van der Waals surface area contributed by atoms with Crippen LogP contribution in [0.2, 0.25) is 0 Å². The zero-order chi connectivity index (χ0) is 21.8. The standard InChI is InChI=1S/C24H26N4O2S/c1-4-16(2)25-20(18-11-8-12-19(14-18)30-3)15-22-26-24-28(27-22)23(29)21(31-24)13-17-9-6-5-7-10-17/h5-14,16,20,25H,4,15H2,1-3H3/b21-13-. The van der Waals surface area contributed by atoms with Crippen molar-refractivity contribution in [3.63, 3.8) is 0 Å². The molecule has 1 N–H and O–H groups in total. The molecule has 2 heterocycles. The monoisotopic (exact) mass is 434 g/mol. The molecule has 2 atom stereocenters. The van der Waals surface area contributed by atoms with Crippen LogP contribution in [-0.2, 0) is 6.42 Å². The first-order chi connectivity index (χ1) is 15.1. The van der Waals surface area contributed by atoms with Gasteiger partial charge in [0.15, 0.2) is 5.82 Å². The Kier molecular flexibility index (Phi) is 6.44. The zero-order valence-corrected chi connectivity index (χ0v) is 18.7.